The highest BCUT2D eigenvalue weighted by molar-refractivity contribution is 7.92. The normalized spacial score (nSPS) is 14.4. The molecule has 0 bridgehead atoms. The van der Waals surface area contributed by atoms with Gasteiger partial charge in [0, 0.05) is 17.7 Å². The van der Waals surface area contributed by atoms with Crippen molar-refractivity contribution in [1.29, 1.82) is 0 Å². The van der Waals surface area contributed by atoms with Gasteiger partial charge < -0.3 is 4.52 Å². The minimum Gasteiger partial charge on any atom is -0.339 e. The summed E-state index contributed by atoms with van der Waals surface area (Å²) in [5.41, 5.74) is 1.18. The van der Waals surface area contributed by atoms with Crippen molar-refractivity contribution in [2.75, 3.05) is 4.72 Å². The van der Waals surface area contributed by atoms with Gasteiger partial charge in [-0.25, -0.2) is 13.4 Å². The highest BCUT2D eigenvalue weighted by Crippen LogP contribution is 2.39. The molecule has 26 heavy (non-hydrogen) atoms. The average Bonchev–Trinajstić information content (AvgIpc) is 3.34. The van der Waals surface area contributed by atoms with E-state index in [-0.39, 0.29) is 10.7 Å². The van der Waals surface area contributed by atoms with E-state index in [1.807, 2.05) is 0 Å². The lowest BCUT2D eigenvalue weighted by molar-refractivity contribution is 0.380. The monoisotopic (exact) mass is 390 g/mol. The zero-order valence-electron chi connectivity index (χ0n) is 13.8. The third-order valence-corrected chi connectivity index (χ3v) is 5.79. The second-order valence-electron chi connectivity index (χ2n) is 6.18. The van der Waals surface area contributed by atoms with E-state index < -0.39 is 10.0 Å². The molecule has 0 atom stereocenters. The lowest BCUT2D eigenvalue weighted by Crippen LogP contribution is -2.15. The van der Waals surface area contributed by atoms with Gasteiger partial charge in [0.2, 0.25) is 11.7 Å². The topological polar surface area (TPSA) is 98.0 Å². The first kappa shape index (κ1) is 17.0. The Morgan fingerprint density at radius 1 is 1.23 bits per heavy atom. The second kappa shape index (κ2) is 6.37. The second-order valence-corrected chi connectivity index (χ2v) is 8.27. The van der Waals surface area contributed by atoms with E-state index in [1.165, 1.54) is 18.3 Å². The summed E-state index contributed by atoms with van der Waals surface area (Å²) in [7, 11) is -3.83. The van der Waals surface area contributed by atoms with E-state index >= 15 is 0 Å². The van der Waals surface area contributed by atoms with Crippen LogP contribution in [0.2, 0.25) is 5.02 Å². The van der Waals surface area contributed by atoms with Crippen LogP contribution in [0.4, 0.5) is 5.82 Å². The molecule has 3 aromatic rings. The SMILES string of the molecule is Cc1ccc(-c2noc(C3CC3)n2)cc1S(=O)(=O)Nc1ccc(Cl)cn1. The zero-order chi connectivity index (χ0) is 18.3. The van der Waals surface area contributed by atoms with Crippen LogP contribution in [-0.4, -0.2) is 23.5 Å². The average molecular weight is 391 g/mol. The fourth-order valence-corrected chi connectivity index (χ4v) is 3.90. The van der Waals surface area contributed by atoms with E-state index in [4.69, 9.17) is 16.1 Å². The number of pyridine rings is 1. The van der Waals surface area contributed by atoms with Gasteiger partial charge >= 0.3 is 0 Å². The fourth-order valence-electron chi connectivity index (χ4n) is 2.51. The van der Waals surface area contributed by atoms with Crippen molar-refractivity contribution < 1.29 is 12.9 Å². The van der Waals surface area contributed by atoms with Gasteiger partial charge in [0.15, 0.2) is 0 Å². The summed E-state index contributed by atoms with van der Waals surface area (Å²) in [6, 6.07) is 8.09. The van der Waals surface area contributed by atoms with Crippen LogP contribution >= 0.6 is 11.6 Å². The van der Waals surface area contributed by atoms with Crippen LogP contribution < -0.4 is 4.72 Å². The van der Waals surface area contributed by atoms with Crippen molar-refractivity contribution in [2.45, 2.75) is 30.6 Å². The Morgan fingerprint density at radius 3 is 2.73 bits per heavy atom. The minimum absolute atomic E-state index is 0.129. The molecule has 9 heteroatoms. The molecule has 7 nitrogen and oxygen atoms in total. The van der Waals surface area contributed by atoms with Crippen LogP contribution in [0, 0.1) is 6.92 Å². The Morgan fingerprint density at radius 2 is 2.04 bits per heavy atom. The number of benzene rings is 1. The summed E-state index contributed by atoms with van der Waals surface area (Å²) < 4.78 is 33.2. The van der Waals surface area contributed by atoms with E-state index in [1.54, 1.807) is 25.1 Å². The Hall–Kier alpha value is -2.45. The van der Waals surface area contributed by atoms with E-state index in [9.17, 15) is 8.42 Å². The molecule has 134 valence electrons. The summed E-state index contributed by atoms with van der Waals surface area (Å²) in [4.78, 5) is 8.47. The molecule has 0 aliphatic heterocycles. The molecule has 2 heterocycles. The van der Waals surface area contributed by atoms with Crippen molar-refractivity contribution in [3.63, 3.8) is 0 Å². The van der Waals surface area contributed by atoms with Gasteiger partial charge in [0.05, 0.1) is 9.92 Å². The Kier molecular flexibility index (Phi) is 4.16. The van der Waals surface area contributed by atoms with Gasteiger partial charge in [0.1, 0.15) is 5.82 Å². The van der Waals surface area contributed by atoms with Gasteiger partial charge in [-0.05, 0) is 43.5 Å². The standard InChI is InChI=1S/C17H15ClN4O3S/c1-10-2-3-12(16-20-17(25-21-16)11-4-5-11)8-14(10)26(23,24)22-15-7-6-13(18)9-19-15/h2-3,6-9,11H,4-5H2,1H3,(H,19,22). The first-order chi connectivity index (χ1) is 12.4. The summed E-state index contributed by atoms with van der Waals surface area (Å²) in [6.45, 7) is 1.72. The number of anilines is 1. The van der Waals surface area contributed by atoms with Crippen molar-refractivity contribution in [2.24, 2.45) is 0 Å². The molecule has 0 spiro atoms. The van der Waals surface area contributed by atoms with Gasteiger partial charge in [-0.2, -0.15) is 4.98 Å². The Bertz CT molecular complexity index is 1060. The Balaban J connectivity index is 1.67. The number of nitrogens with zero attached hydrogens (tertiary/aromatic N) is 3. The molecular formula is C17H15ClN4O3S. The highest BCUT2D eigenvalue weighted by Gasteiger charge is 2.30. The van der Waals surface area contributed by atoms with Crippen LogP contribution in [0.3, 0.4) is 0 Å². The third-order valence-electron chi connectivity index (χ3n) is 4.07. The number of halogens is 1. The summed E-state index contributed by atoms with van der Waals surface area (Å²) in [5, 5.41) is 4.39. The molecule has 1 N–H and O–H groups in total. The highest BCUT2D eigenvalue weighted by atomic mass is 35.5. The number of hydrogen-bond donors (Lipinski definition) is 1. The maximum Gasteiger partial charge on any atom is 0.263 e. The molecule has 0 saturated heterocycles. The molecule has 1 aromatic carbocycles. The molecular weight excluding hydrogens is 376 g/mol. The van der Waals surface area contributed by atoms with Crippen LogP contribution in [-0.2, 0) is 10.0 Å². The number of aryl methyl sites for hydroxylation is 1. The van der Waals surface area contributed by atoms with Gasteiger partial charge in [-0.1, -0.05) is 28.9 Å². The van der Waals surface area contributed by atoms with Crippen LogP contribution in [0.15, 0.2) is 45.9 Å². The molecule has 1 saturated carbocycles. The lowest BCUT2D eigenvalue weighted by atomic mass is 10.1. The van der Waals surface area contributed by atoms with Crippen LogP contribution in [0.5, 0.6) is 0 Å². The van der Waals surface area contributed by atoms with E-state index in [0.717, 1.165) is 12.8 Å². The maximum atomic E-state index is 12.8. The largest absolute Gasteiger partial charge is 0.339 e. The fraction of sp³-hybridized carbons (Fsp3) is 0.235. The minimum atomic E-state index is -3.83. The molecule has 0 unspecified atom stereocenters. The number of sulfonamides is 1. The maximum absolute atomic E-state index is 12.8. The predicted octanol–water partition coefficient (Wildman–Crippen LogP) is 3.77. The van der Waals surface area contributed by atoms with Crippen LogP contribution in [0.1, 0.15) is 30.2 Å². The summed E-state index contributed by atoms with van der Waals surface area (Å²) >= 11 is 5.78. The molecule has 1 aliphatic rings. The molecule has 2 aromatic heterocycles. The number of nitrogens with one attached hydrogen (secondary N) is 1. The predicted molar refractivity (Wildman–Crippen MR) is 96.5 cm³/mol. The summed E-state index contributed by atoms with van der Waals surface area (Å²) in [6.07, 6.45) is 3.47. The lowest BCUT2D eigenvalue weighted by Gasteiger charge is -2.10. The van der Waals surface area contributed by atoms with E-state index in [2.05, 4.69) is 19.8 Å². The smallest absolute Gasteiger partial charge is 0.263 e. The van der Waals surface area contributed by atoms with Gasteiger partial charge in [-0.15, -0.1) is 0 Å². The van der Waals surface area contributed by atoms with Gasteiger partial charge in [0.25, 0.3) is 10.0 Å². The van der Waals surface area contributed by atoms with Crippen molar-refractivity contribution in [3.8, 4) is 11.4 Å². The zero-order valence-corrected chi connectivity index (χ0v) is 15.4. The van der Waals surface area contributed by atoms with Crippen molar-refractivity contribution in [1.82, 2.24) is 15.1 Å². The quantitative estimate of drug-likeness (QED) is 0.712. The first-order valence-corrected chi connectivity index (χ1v) is 9.87. The van der Waals surface area contributed by atoms with Crippen molar-refractivity contribution >= 4 is 27.4 Å². The molecule has 0 radical (unpaired) electrons. The third kappa shape index (κ3) is 3.42. The van der Waals surface area contributed by atoms with Crippen LogP contribution in [0.25, 0.3) is 11.4 Å². The first-order valence-electron chi connectivity index (χ1n) is 8.01. The summed E-state index contributed by atoms with van der Waals surface area (Å²) in [5.74, 6) is 1.51. The van der Waals surface area contributed by atoms with E-state index in [0.29, 0.717) is 33.8 Å². The molecule has 0 amide bonds. The molecule has 1 aliphatic carbocycles. The van der Waals surface area contributed by atoms with Gasteiger partial charge in [-0.3, -0.25) is 4.72 Å². The number of rotatable bonds is 5. The Labute approximate surface area is 155 Å². The van der Waals surface area contributed by atoms with Crippen molar-refractivity contribution in [3.05, 3.63) is 53.0 Å². The number of hydrogen-bond acceptors (Lipinski definition) is 6. The number of aromatic nitrogens is 3. The molecule has 1 fully saturated rings. The molecule has 4 rings (SSSR count).